The van der Waals surface area contributed by atoms with Crippen LogP contribution in [0.4, 0.5) is 5.69 Å². The number of aliphatic carboxylic acids is 1. The number of carbonyl (C=O) groups is 1. The first-order valence-corrected chi connectivity index (χ1v) is 7.63. The number of anilines is 1. The molecule has 0 aliphatic heterocycles. The molecule has 1 aliphatic rings. The molecule has 0 spiro atoms. The largest absolute Gasteiger partial charge is 0.480 e. The third-order valence-electron chi connectivity index (χ3n) is 4.49. The Morgan fingerprint density at radius 1 is 1.25 bits per heavy atom. The van der Waals surface area contributed by atoms with Gasteiger partial charge in [-0.25, -0.2) is 0 Å². The molecule has 2 rings (SSSR count). The summed E-state index contributed by atoms with van der Waals surface area (Å²) >= 11 is 0. The van der Waals surface area contributed by atoms with Gasteiger partial charge in [-0.15, -0.1) is 0 Å². The first kappa shape index (κ1) is 14.9. The molecule has 0 radical (unpaired) electrons. The Morgan fingerprint density at radius 3 is 2.40 bits per heavy atom. The van der Waals surface area contributed by atoms with Crippen molar-refractivity contribution in [1.29, 1.82) is 0 Å². The normalized spacial score (nSPS) is 17.7. The summed E-state index contributed by atoms with van der Waals surface area (Å²) in [5.41, 5.74) is 2.23. The van der Waals surface area contributed by atoms with E-state index in [4.69, 9.17) is 0 Å². The lowest BCUT2D eigenvalue weighted by Gasteiger charge is -2.37. The number of hydrogen-bond donors (Lipinski definition) is 1. The highest BCUT2D eigenvalue weighted by Crippen LogP contribution is 2.31. The van der Waals surface area contributed by atoms with Crippen molar-refractivity contribution in [2.24, 2.45) is 5.92 Å². The number of hydrogen-bond acceptors (Lipinski definition) is 2. The van der Waals surface area contributed by atoms with Gasteiger partial charge in [0.2, 0.25) is 0 Å². The SMILES string of the molecule is Cc1ccc(N(CC(=O)O)C(C)C2CCCCC2)cc1. The van der Waals surface area contributed by atoms with Crippen LogP contribution in [0.25, 0.3) is 0 Å². The molecule has 1 aromatic rings. The maximum atomic E-state index is 11.2. The highest BCUT2D eigenvalue weighted by molar-refractivity contribution is 5.74. The Balaban J connectivity index is 2.17. The fourth-order valence-electron chi connectivity index (χ4n) is 3.22. The van der Waals surface area contributed by atoms with E-state index in [0.717, 1.165) is 5.69 Å². The second-order valence-electron chi connectivity index (χ2n) is 6.00. The van der Waals surface area contributed by atoms with Gasteiger partial charge < -0.3 is 10.0 Å². The molecule has 110 valence electrons. The number of rotatable bonds is 5. The molecule has 0 amide bonds. The van der Waals surface area contributed by atoms with E-state index in [-0.39, 0.29) is 12.6 Å². The van der Waals surface area contributed by atoms with Gasteiger partial charge in [0.1, 0.15) is 6.54 Å². The number of aryl methyl sites for hydroxylation is 1. The fourth-order valence-corrected chi connectivity index (χ4v) is 3.22. The predicted octanol–water partition coefficient (Wildman–Crippen LogP) is 3.85. The zero-order valence-electron chi connectivity index (χ0n) is 12.5. The average Bonchev–Trinajstić information content (AvgIpc) is 2.46. The highest BCUT2D eigenvalue weighted by Gasteiger charge is 2.26. The van der Waals surface area contributed by atoms with E-state index >= 15 is 0 Å². The molecule has 1 unspecified atom stereocenters. The average molecular weight is 275 g/mol. The second-order valence-corrected chi connectivity index (χ2v) is 6.00. The molecule has 0 heterocycles. The molecule has 0 saturated heterocycles. The van der Waals surface area contributed by atoms with Crippen LogP contribution in [0.15, 0.2) is 24.3 Å². The minimum absolute atomic E-state index is 0.0841. The van der Waals surface area contributed by atoms with Gasteiger partial charge in [-0.1, -0.05) is 37.0 Å². The number of benzene rings is 1. The number of carboxylic acid groups (broad SMARTS) is 1. The zero-order valence-corrected chi connectivity index (χ0v) is 12.5. The lowest BCUT2D eigenvalue weighted by atomic mass is 9.83. The van der Waals surface area contributed by atoms with Crippen LogP contribution < -0.4 is 4.90 Å². The lowest BCUT2D eigenvalue weighted by Crippen LogP contribution is -2.42. The van der Waals surface area contributed by atoms with Gasteiger partial charge in [0.15, 0.2) is 0 Å². The summed E-state index contributed by atoms with van der Waals surface area (Å²) in [5, 5.41) is 9.21. The molecular formula is C17H25NO2. The third kappa shape index (κ3) is 3.75. The van der Waals surface area contributed by atoms with Crippen LogP contribution in [0, 0.1) is 12.8 Å². The Bertz CT molecular complexity index is 435. The van der Waals surface area contributed by atoms with E-state index in [1.807, 2.05) is 12.1 Å². The van der Waals surface area contributed by atoms with Gasteiger partial charge >= 0.3 is 5.97 Å². The van der Waals surface area contributed by atoms with Crippen LogP contribution >= 0.6 is 0 Å². The van der Waals surface area contributed by atoms with Crippen LogP contribution in [0.3, 0.4) is 0 Å². The van der Waals surface area contributed by atoms with Gasteiger partial charge in [-0.05, 0) is 44.7 Å². The Kier molecular flexibility index (Phi) is 5.05. The fraction of sp³-hybridized carbons (Fsp3) is 0.588. The molecule has 0 bridgehead atoms. The molecule has 1 saturated carbocycles. The van der Waals surface area contributed by atoms with E-state index in [1.54, 1.807) is 0 Å². The van der Waals surface area contributed by atoms with Crippen molar-refractivity contribution in [2.45, 2.75) is 52.0 Å². The summed E-state index contributed by atoms with van der Waals surface area (Å²) in [6.45, 7) is 4.31. The van der Waals surface area contributed by atoms with Gasteiger partial charge in [-0.3, -0.25) is 4.79 Å². The highest BCUT2D eigenvalue weighted by atomic mass is 16.4. The van der Waals surface area contributed by atoms with Gasteiger partial charge in [0.25, 0.3) is 0 Å². The number of nitrogens with zero attached hydrogens (tertiary/aromatic N) is 1. The summed E-state index contributed by atoms with van der Waals surface area (Å²) in [7, 11) is 0. The standard InChI is InChI=1S/C17H25NO2/c1-13-8-10-16(11-9-13)18(12-17(19)20)14(2)15-6-4-3-5-7-15/h8-11,14-15H,3-7,12H2,1-2H3,(H,19,20). The third-order valence-corrected chi connectivity index (χ3v) is 4.49. The Hall–Kier alpha value is -1.51. The summed E-state index contributed by atoms with van der Waals surface area (Å²) in [6, 6.07) is 8.47. The van der Waals surface area contributed by atoms with Crippen molar-refractivity contribution in [1.82, 2.24) is 0 Å². The molecule has 1 aromatic carbocycles. The van der Waals surface area contributed by atoms with E-state index < -0.39 is 5.97 Å². The molecule has 1 aliphatic carbocycles. The minimum atomic E-state index is -0.756. The molecule has 20 heavy (non-hydrogen) atoms. The van der Waals surface area contributed by atoms with Gasteiger partial charge in [0, 0.05) is 11.7 Å². The summed E-state index contributed by atoms with van der Waals surface area (Å²) in [4.78, 5) is 13.2. The van der Waals surface area contributed by atoms with Crippen LogP contribution in [-0.4, -0.2) is 23.7 Å². The second kappa shape index (κ2) is 6.78. The van der Waals surface area contributed by atoms with Crippen molar-refractivity contribution < 1.29 is 9.90 Å². The van der Waals surface area contributed by atoms with Gasteiger partial charge in [0.05, 0.1) is 0 Å². The summed E-state index contributed by atoms with van der Waals surface area (Å²) in [6.07, 6.45) is 6.34. The summed E-state index contributed by atoms with van der Waals surface area (Å²) in [5.74, 6) is -0.141. The van der Waals surface area contributed by atoms with Crippen molar-refractivity contribution in [2.75, 3.05) is 11.4 Å². The molecule has 1 atom stereocenters. The summed E-state index contributed by atoms with van der Waals surface area (Å²) < 4.78 is 0. The van der Waals surface area contributed by atoms with E-state index in [9.17, 15) is 9.90 Å². The predicted molar refractivity (Wildman–Crippen MR) is 82.2 cm³/mol. The maximum absolute atomic E-state index is 11.2. The Labute approximate surface area is 121 Å². The van der Waals surface area contributed by atoms with E-state index in [0.29, 0.717) is 5.92 Å². The van der Waals surface area contributed by atoms with Crippen molar-refractivity contribution in [3.8, 4) is 0 Å². The monoisotopic (exact) mass is 275 g/mol. The first-order chi connectivity index (χ1) is 9.58. The molecule has 3 nitrogen and oxygen atoms in total. The van der Waals surface area contributed by atoms with Crippen molar-refractivity contribution >= 4 is 11.7 Å². The molecule has 0 aromatic heterocycles. The van der Waals surface area contributed by atoms with Crippen LogP contribution in [0.2, 0.25) is 0 Å². The zero-order chi connectivity index (χ0) is 14.5. The quantitative estimate of drug-likeness (QED) is 0.887. The number of carboxylic acids is 1. The molecule has 3 heteroatoms. The lowest BCUT2D eigenvalue weighted by molar-refractivity contribution is -0.135. The van der Waals surface area contributed by atoms with Crippen LogP contribution in [0.5, 0.6) is 0 Å². The molecule has 1 N–H and O–H groups in total. The van der Waals surface area contributed by atoms with Crippen LogP contribution in [-0.2, 0) is 4.79 Å². The first-order valence-electron chi connectivity index (χ1n) is 7.63. The maximum Gasteiger partial charge on any atom is 0.323 e. The van der Waals surface area contributed by atoms with E-state index in [2.05, 4.69) is 30.9 Å². The smallest absolute Gasteiger partial charge is 0.323 e. The molecule has 1 fully saturated rings. The minimum Gasteiger partial charge on any atom is -0.480 e. The Morgan fingerprint density at radius 2 is 1.85 bits per heavy atom. The van der Waals surface area contributed by atoms with E-state index in [1.165, 1.54) is 37.7 Å². The van der Waals surface area contributed by atoms with Crippen molar-refractivity contribution in [3.63, 3.8) is 0 Å². The van der Waals surface area contributed by atoms with Crippen molar-refractivity contribution in [3.05, 3.63) is 29.8 Å². The molecular weight excluding hydrogens is 250 g/mol. The topological polar surface area (TPSA) is 40.5 Å². The van der Waals surface area contributed by atoms with Crippen LogP contribution in [0.1, 0.15) is 44.6 Å². The van der Waals surface area contributed by atoms with Gasteiger partial charge in [-0.2, -0.15) is 0 Å².